The molecule has 0 aromatic carbocycles. The molecule has 0 aliphatic heterocycles. The second kappa shape index (κ2) is 13.5. The van der Waals surface area contributed by atoms with Crippen LogP contribution in [0.15, 0.2) is 0 Å². The van der Waals surface area contributed by atoms with Crippen LogP contribution < -0.4 is 11.5 Å². The first kappa shape index (κ1) is 23.5. The molecule has 2 nitrogen and oxygen atoms in total. The van der Waals surface area contributed by atoms with Crippen molar-refractivity contribution in [3.8, 4) is 0 Å². The third-order valence-electron chi connectivity index (χ3n) is 7.72. The Morgan fingerprint density at radius 2 is 1.44 bits per heavy atom. The second-order valence-corrected chi connectivity index (χ2v) is 10.3. The normalized spacial score (nSPS) is 37.8. The molecular formula is C24H48N2S. The van der Waals surface area contributed by atoms with Crippen molar-refractivity contribution in [2.45, 2.75) is 122 Å². The lowest BCUT2D eigenvalue weighted by Crippen LogP contribution is -2.32. The molecule has 27 heavy (non-hydrogen) atoms. The molecule has 2 saturated carbocycles. The first-order valence-electron chi connectivity index (χ1n) is 12.3. The van der Waals surface area contributed by atoms with E-state index in [4.69, 9.17) is 11.5 Å². The average molecular weight is 397 g/mol. The van der Waals surface area contributed by atoms with Crippen molar-refractivity contribution in [3.63, 3.8) is 0 Å². The van der Waals surface area contributed by atoms with E-state index in [1.165, 1.54) is 96.3 Å². The van der Waals surface area contributed by atoms with Gasteiger partial charge in [-0.2, -0.15) is 12.6 Å². The summed E-state index contributed by atoms with van der Waals surface area (Å²) in [6.07, 6.45) is 21.5. The highest BCUT2D eigenvalue weighted by Crippen LogP contribution is 2.43. The van der Waals surface area contributed by atoms with Gasteiger partial charge in [0.05, 0.1) is 0 Å². The van der Waals surface area contributed by atoms with Crippen molar-refractivity contribution >= 4 is 12.6 Å². The molecule has 3 heteroatoms. The van der Waals surface area contributed by atoms with Crippen molar-refractivity contribution in [2.75, 3.05) is 5.75 Å². The molecule has 2 aliphatic carbocycles. The molecule has 2 rings (SSSR count). The van der Waals surface area contributed by atoms with Crippen LogP contribution in [-0.2, 0) is 0 Å². The Balaban J connectivity index is 2.09. The lowest BCUT2D eigenvalue weighted by Gasteiger charge is -2.35. The minimum Gasteiger partial charge on any atom is -0.328 e. The predicted molar refractivity (Wildman–Crippen MR) is 123 cm³/mol. The Bertz CT molecular complexity index is 375. The van der Waals surface area contributed by atoms with Gasteiger partial charge in [0.15, 0.2) is 0 Å². The monoisotopic (exact) mass is 396 g/mol. The summed E-state index contributed by atoms with van der Waals surface area (Å²) < 4.78 is 0. The smallest absolute Gasteiger partial charge is 0.00535 e. The summed E-state index contributed by atoms with van der Waals surface area (Å²) in [5.41, 5.74) is 12.8. The summed E-state index contributed by atoms with van der Waals surface area (Å²) in [5.74, 6) is 4.84. The lowest BCUT2D eigenvalue weighted by molar-refractivity contribution is 0.158. The quantitative estimate of drug-likeness (QED) is 0.487. The van der Waals surface area contributed by atoms with Gasteiger partial charge in [-0.25, -0.2) is 0 Å². The van der Waals surface area contributed by atoms with Crippen LogP contribution in [0, 0.1) is 23.7 Å². The highest BCUT2D eigenvalue weighted by atomic mass is 32.1. The molecule has 0 spiro atoms. The summed E-state index contributed by atoms with van der Waals surface area (Å²) >= 11 is 4.53. The Hall–Kier alpha value is 0.270. The van der Waals surface area contributed by atoms with Gasteiger partial charge in [0, 0.05) is 12.1 Å². The van der Waals surface area contributed by atoms with E-state index in [1.54, 1.807) is 0 Å². The fourth-order valence-corrected chi connectivity index (χ4v) is 6.25. The number of nitrogens with two attached hydrogens (primary N) is 2. The van der Waals surface area contributed by atoms with Crippen molar-refractivity contribution in [3.05, 3.63) is 0 Å². The first-order valence-corrected chi connectivity index (χ1v) is 12.9. The molecule has 0 heterocycles. The lowest BCUT2D eigenvalue weighted by atomic mass is 9.71. The van der Waals surface area contributed by atoms with E-state index in [9.17, 15) is 0 Å². The van der Waals surface area contributed by atoms with Crippen molar-refractivity contribution in [2.24, 2.45) is 35.1 Å². The van der Waals surface area contributed by atoms with E-state index < -0.39 is 0 Å². The number of fused-ring (bicyclic) bond motifs is 1. The third kappa shape index (κ3) is 8.66. The van der Waals surface area contributed by atoms with Gasteiger partial charge in [-0.3, -0.25) is 0 Å². The van der Waals surface area contributed by atoms with Gasteiger partial charge in [0.25, 0.3) is 0 Å². The minimum atomic E-state index is 0.307. The molecular weight excluding hydrogens is 348 g/mol. The highest BCUT2D eigenvalue weighted by molar-refractivity contribution is 7.80. The number of thiol groups is 1. The summed E-state index contributed by atoms with van der Waals surface area (Å²) in [6, 6.07) is 0.626. The average Bonchev–Trinajstić information content (AvgIpc) is 2.86. The molecule has 0 saturated heterocycles. The minimum absolute atomic E-state index is 0.307. The Labute approximate surface area is 175 Å². The fourth-order valence-electron chi connectivity index (χ4n) is 6.07. The van der Waals surface area contributed by atoms with Crippen LogP contribution in [0.2, 0.25) is 0 Å². The molecule has 0 radical (unpaired) electrons. The van der Waals surface area contributed by atoms with E-state index in [-0.39, 0.29) is 0 Å². The maximum Gasteiger partial charge on any atom is 0.00535 e. The molecule has 2 fully saturated rings. The van der Waals surface area contributed by atoms with E-state index >= 15 is 0 Å². The summed E-state index contributed by atoms with van der Waals surface area (Å²) in [4.78, 5) is 0. The number of hydrogen-bond donors (Lipinski definition) is 3. The van der Waals surface area contributed by atoms with Crippen molar-refractivity contribution < 1.29 is 0 Å². The largest absolute Gasteiger partial charge is 0.328 e. The Morgan fingerprint density at radius 3 is 2.19 bits per heavy atom. The standard InChI is InChI=1S/C24H48N2S/c1-2-19-9-6-11-20-10-4-3-5-14-22(25)18-23(26)15-7-12-21(13-8-16-27)24(20)17-19/h19-24,27H,2-18,25-26H2,1H3. The van der Waals surface area contributed by atoms with Gasteiger partial charge in [0.2, 0.25) is 0 Å². The van der Waals surface area contributed by atoms with Crippen LogP contribution in [0.5, 0.6) is 0 Å². The maximum atomic E-state index is 6.43. The second-order valence-electron chi connectivity index (χ2n) is 9.82. The number of hydrogen-bond acceptors (Lipinski definition) is 3. The van der Waals surface area contributed by atoms with E-state index in [0.29, 0.717) is 12.1 Å². The molecule has 6 unspecified atom stereocenters. The molecule has 4 N–H and O–H groups in total. The van der Waals surface area contributed by atoms with Crippen LogP contribution in [0.1, 0.15) is 110 Å². The number of rotatable bonds is 4. The summed E-state index contributed by atoms with van der Waals surface area (Å²) in [6.45, 7) is 2.42. The van der Waals surface area contributed by atoms with Crippen LogP contribution >= 0.6 is 12.6 Å². The van der Waals surface area contributed by atoms with Gasteiger partial charge < -0.3 is 11.5 Å². The van der Waals surface area contributed by atoms with Gasteiger partial charge in [-0.05, 0) is 67.9 Å². The highest BCUT2D eigenvalue weighted by Gasteiger charge is 2.32. The zero-order valence-corrected chi connectivity index (χ0v) is 19.0. The van der Waals surface area contributed by atoms with Crippen LogP contribution in [-0.4, -0.2) is 17.8 Å². The zero-order chi connectivity index (χ0) is 19.5. The van der Waals surface area contributed by atoms with E-state index in [0.717, 1.165) is 35.8 Å². The van der Waals surface area contributed by atoms with Gasteiger partial charge in [-0.15, -0.1) is 0 Å². The van der Waals surface area contributed by atoms with Crippen molar-refractivity contribution in [1.29, 1.82) is 0 Å². The molecule has 6 atom stereocenters. The fraction of sp³-hybridized carbons (Fsp3) is 1.00. The molecule has 0 aromatic rings. The van der Waals surface area contributed by atoms with E-state index in [1.807, 2.05) is 0 Å². The van der Waals surface area contributed by atoms with Gasteiger partial charge >= 0.3 is 0 Å². The Kier molecular flexibility index (Phi) is 11.8. The first-order chi connectivity index (χ1) is 13.1. The molecule has 0 aromatic heterocycles. The van der Waals surface area contributed by atoms with E-state index in [2.05, 4.69) is 19.6 Å². The SMILES string of the molecule is CCC1CCCC2CCCCCC(N)CC(N)CCCC(CCCS)C2C1. The molecule has 0 bridgehead atoms. The van der Waals surface area contributed by atoms with Crippen LogP contribution in [0.3, 0.4) is 0 Å². The van der Waals surface area contributed by atoms with Gasteiger partial charge in [0.1, 0.15) is 0 Å². The Morgan fingerprint density at radius 1 is 0.778 bits per heavy atom. The third-order valence-corrected chi connectivity index (χ3v) is 8.04. The van der Waals surface area contributed by atoms with Crippen LogP contribution in [0.25, 0.3) is 0 Å². The summed E-state index contributed by atoms with van der Waals surface area (Å²) in [7, 11) is 0. The van der Waals surface area contributed by atoms with Crippen LogP contribution in [0.4, 0.5) is 0 Å². The molecule has 2 aliphatic rings. The van der Waals surface area contributed by atoms with Crippen molar-refractivity contribution in [1.82, 2.24) is 0 Å². The topological polar surface area (TPSA) is 52.0 Å². The zero-order valence-electron chi connectivity index (χ0n) is 18.1. The predicted octanol–water partition coefficient (Wildman–Crippen LogP) is 6.32. The van der Waals surface area contributed by atoms with Gasteiger partial charge in [-0.1, -0.05) is 71.1 Å². The maximum absolute atomic E-state index is 6.43. The molecule has 160 valence electrons. The summed E-state index contributed by atoms with van der Waals surface area (Å²) in [5, 5.41) is 0. The molecule has 0 amide bonds.